The number of alkyl halides is 1. The van der Waals surface area contributed by atoms with E-state index in [0.29, 0.717) is 31.7 Å². The van der Waals surface area contributed by atoms with Gasteiger partial charge in [-0.25, -0.2) is 4.90 Å². The molecule has 1 unspecified atom stereocenters. The minimum absolute atomic E-state index is 0.198. The largest absolute Gasteiger partial charge is 0.479 e. The Bertz CT molecular complexity index is 601. The lowest BCUT2D eigenvalue weighted by molar-refractivity contribution is -0.174. The van der Waals surface area contributed by atoms with Crippen LogP contribution in [0.2, 0.25) is 0 Å². The maximum absolute atomic E-state index is 12.8. The first-order valence-corrected chi connectivity index (χ1v) is 9.19. The predicted molar refractivity (Wildman–Crippen MR) is 97.2 cm³/mol. The van der Waals surface area contributed by atoms with Crippen molar-refractivity contribution >= 4 is 23.4 Å². The molecule has 0 aromatic carbocycles. The Morgan fingerprint density at radius 1 is 1.32 bits per heavy atom. The Labute approximate surface area is 155 Å². The van der Waals surface area contributed by atoms with Gasteiger partial charge < -0.3 is 9.47 Å². The van der Waals surface area contributed by atoms with Gasteiger partial charge in [0.1, 0.15) is 16.9 Å². The van der Waals surface area contributed by atoms with Crippen LogP contribution in [-0.2, 0) is 19.1 Å². The van der Waals surface area contributed by atoms with Gasteiger partial charge in [0.15, 0.2) is 6.23 Å². The molecule has 0 aromatic rings. The van der Waals surface area contributed by atoms with Gasteiger partial charge in [0.2, 0.25) is 0 Å². The molecule has 1 aliphatic carbocycles. The van der Waals surface area contributed by atoms with Crippen molar-refractivity contribution in [3.63, 3.8) is 0 Å². The monoisotopic (exact) mass is 369 g/mol. The summed E-state index contributed by atoms with van der Waals surface area (Å²) < 4.78 is 11.5. The van der Waals surface area contributed by atoms with Gasteiger partial charge in [-0.2, -0.15) is 0 Å². The van der Waals surface area contributed by atoms with Crippen molar-refractivity contribution in [1.29, 1.82) is 0 Å². The second-order valence-corrected chi connectivity index (χ2v) is 8.32. The van der Waals surface area contributed by atoms with Gasteiger partial charge in [0.25, 0.3) is 0 Å². The molecule has 2 aliphatic rings. The molecule has 0 aromatic heterocycles. The maximum Gasteiger partial charge on any atom is 0.326 e. The molecule has 0 bridgehead atoms. The molecule has 5 nitrogen and oxygen atoms in total. The van der Waals surface area contributed by atoms with E-state index in [0.717, 1.165) is 11.1 Å². The Balaban J connectivity index is 2.33. The van der Waals surface area contributed by atoms with E-state index in [-0.39, 0.29) is 11.8 Å². The molecule has 140 valence electrons. The van der Waals surface area contributed by atoms with Crippen LogP contribution in [-0.4, -0.2) is 46.4 Å². The Morgan fingerprint density at radius 3 is 2.60 bits per heavy atom. The number of esters is 1. The van der Waals surface area contributed by atoms with Gasteiger partial charge in [0.05, 0.1) is 6.26 Å². The van der Waals surface area contributed by atoms with Crippen molar-refractivity contribution in [2.45, 2.75) is 71.2 Å². The third kappa shape index (κ3) is 4.64. The SMILES string of the molecule is CC(C)(C)OC(=O)C(C)(C)N1CC=COC1C1=C(CCl)CC(=O)CC1. The summed E-state index contributed by atoms with van der Waals surface area (Å²) in [6.45, 7) is 9.80. The Hall–Kier alpha value is -1.33. The molecular formula is C19H28ClNO4. The van der Waals surface area contributed by atoms with Crippen molar-refractivity contribution in [2.75, 3.05) is 12.4 Å². The number of hydrogen-bond acceptors (Lipinski definition) is 5. The number of carbonyl (C=O) groups is 2. The lowest BCUT2D eigenvalue weighted by Gasteiger charge is -2.44. The fourth-order valence-electron chi connectivity index (χ4n) is 3.09. The van der Waals surface area contributed by atoms with Gasteiger partial charge in [-0.15, -0.1) is 11.6 Å². The zero-order valence-electron chi connectivity index (χ0n) is 15.7. The molecule has 6 heteroatoms. The van der Waals surface area contributed by atoms with Crippen molar-refractivity contribution in [2.24, 2.45) is 0 Å². The average Bonchev–Trinajstić information content (AvgIpc) is 2.53. The van der Waals surface area contributed by atoms with Crippen LogP contribution >= 0.6 is 11.6 Å². The quantitative estimate of drug-likeness (QED) is 0.431. The third-order valence-electron chi connectivity index (χ3n) is 4.50. The molecule has 1 heterocycles. The highest BCUT2D eigenvalue weighted by atomic mass is 35.5. The van der Waals surface area contributed by atoms with Gasteiger partial charge in [-0.05, 0) is 58.3 Å². The predicted octanol–water partition coefficient (Wildman–Crippen LogP) is 3.57. The summed E-state index contributed by atoms with van der Waals surface area (Å²) in [5.74, 6) is 0.193. The standard InChI is InChI=1S/C19H28ClNO4/c1-18(2,3)25-17(23)19(4,5)21-9-6-10-24-16(21)15-8-7-14(22)11-13(15)12-20/h6,10,16H,7-9,11-12H2,1-5H3. The molecule has 1 atom stereocenters. The smallest absolute Gasteiger partial charge is 0.326 e. The van der Waals surface area contributed by atoms with Gasteiger partial charge >= 0.3 is 5.97 Å². The Kier molecular flexibility index (Phi) is 6.00. The summed E-state index contributed by atoms with van der Waals surface area (Å²) in [7, 11) is 0. The zero-order chi connectivity index (χ0) is 18.8. The van der Waals surface area contributed by atoms with Crippen LogP contribution in [0.3, 0.4) is 0 Å². The van der Waals surface area contributed by atoms with Crippen LogP contribution in [0.15, 0.2) is 23.5 Å². The number of rotatable bonds is 4. The zero-order valence-corrected chi connectivity index (χ0v) is 16.5. The van der Waals surface area contributed by atoms with Gasteiger partial charge in [0, 0.05) is 25.3 Å². The molecule has 0 saturated carbocycles. The van der Waals surface area contributed by atoms with Crippen LogP contribution in [0, 0.1) is 0 Å². The third-order valence-corrected chi connectivity index (χ3v) is 4.83. The van der Waals surface area contributed by atoms with Gasteiger partial charge in [-0.3, -0.25) is 9.59 Å². The molecule has 0 saturated heterocycles. The topological polar surface area (TPSA) is 55.8 Å². The molecule has 0 N–H and O–H groups in total. The summed E-state index contributed by atoms with van der Waals surface area (Å²) >= 11 is 6.08. The van der Waals surface area contributed by atoms with Crippen LogP contribution in [0.5, 0.6) is 0 Å². The summed E-state index contributed by atoms with van der Waals surface area (Å²) in [4.78, 5) is 26.5. The lowest BCUT2D eigenvalue weighted by atomic mass is 9.88. The van der Waals surface area contributed by atoms with Crippen molar-refractivity contribution < 1.29 is 19.1 Å². The van der Waals surface area contributed by atoms with Crippen molar-refractivity contribution in [1.82, 2.24) is 4.90 Å². The highest BCUT2D eigenvalue weighted by Crippen LogP contribution is 2.34. The highest BCUT2D eigenvalue weighted by molar-refractivity contribution is 6.19. The van der Waals surface area contributed by atoms with E-state index in [2.05, 4.69) is 0 Å². The Morgan fingerprint density at radius 2 is 2.00 bits per heavy atom. The molecular weight excluding hydrogens is 342 g/mol. The first kappa shape index (κ1) is 20.0. The second kappa shape index (κ2) is 7.50. The number of carbonyl (C=O) groups excluding carboxylic acids is 2. The number of ether oxygens (including phenoxy) is 2. The van der Waals surface area contributed by atoms with Crippen LogP contribution in [0.1, 0.15) is 53.9 Å². The van der Waals surface area contributed by atoms with E-state index in [1.54, 1.807) is 6.26 Å². The normalized spacial score (nSPS) is 22.8. The van der Waals surface area contributed by atoms with E-state index in [1.807, 2.05) is 45.6 Å². The van der Waals surface area contributed by atoms with Crippen LogP contribution in [0.4, 0.5) is 0 Å². The fraction of sp³-hybridized carbons (Fsp3) is 0.684. The van der Waals surface area contributed by atoms with E-state index >= 15 is 0 Å². The van der Waals surface area contributed by atoms with E-state index in [4.69, 9.17) is 21.1 Å². The van der Waals surface area contributed by atoms with Gasteiger partial charge in [-0.1, -0.05) is 0 Å². The van der Waals surface area contributed by atoms with Crippen LogP contribution < -0.4 is 0 Å². The summed E-state index contributed by atoms with van der Waals surface area (Å²) in [6, 6.07) is 0. The molecule has 0 amide bonds. The average molecular weight is 370 g/mol. The van der Waals surface area contributed by atoms with Crippen LogP contribution in [0.25, 0.3) is 0 Å². The minimum atomic E-state index is -0.880. The van der Waals surface area contributed by atoms with Crippen molar-refractivity contribution in [3.8, 4) is 0 Å². The van der Waals surface area contributed by atoms with E-state index in [1.165, 1.54) is 0 Å². The minimum Gasteiger partial charge on any atom is -0.479 e. The molecule has 0 fully saturated rings. The summed E-state index contributed by atoms with van der Waals surface area (Å²) in [6.07, 6.45) is 4.58. The van der Waals surface area contributed by atoms with E-state index < -0.39 is 17.4 Å². The highest BCUT2D eigenvalue weighted by Gasteiger charge is 2.44. The second-order valence-electron chi connectivity index (χ2n) is 8.05. The summed E-state index contributed by atoms with van der Waals surface area (Å²) in [5, 5.41) is 0. The molecule has 2 rings (SSSR count). The number of nitrogens with zero attached hydrogens (tertiary/aromatic N) is 1. The number of ketones is 1. The molecule has 0 spiro atoms. The maximum atomic E-state index is 12.8. The summed E-state index contributed by atoms with van der Waals surface area (Å²) in [5.41, 5.74) is 0.474. The molecule has 1 aliphatic heterocycles. The van der Waals surface area contributed by atoms with E-state index in [9.17, 15) is 9.59 Å². The first-order chi connectivity index (χ1) is 11.6. The number of allylic oxidation sites excluding steroid dienone is 1. The first-order valence-electron chi connectivity index (χ1n) is 8.65. The fourth-order valence-corrected chi connectivity index (χ4v) is 3.36. The lowest BCUT2D eigenvalue weighted by Crippen LogP contribution is -2.58. The molecule has 0 radical (unpaired) electrons. The van der Waals surface area contributed by atoms with Crippen molar-refractivity contribution in [3.05, 3.63) is 23.5 Å². The number of hydrogen-bond donors (Lipinski definition) is 0. The number of Topliss-reactive ketones (excluding diaryl/α,β-unsaturated/α-hetero) is 1. The number of halogens is 1. The molecule has 25 heavy (non-hydrogen) atoms.